The molecule has 1 aliphatic rings. The molecule has 0 aromatic carbocycles. The molecule has 1 atom stereocenters. The third-order valence-corrected chi connectivity index (χ3v) is 3.62. The average molecular weight is 287 g/mol. The van der Waals surface area contributed by atoms with Crippen molar-refractivity contribution in [2.45, 2.75) is 25.8 Å². The number of likely N-dealkylation sites (tertiary alicyclic amines) is 1. The Balaban J connectivity index is 1.77. The first-order valence-corrected chi connectivity index (χ1v) is 6.98. The van der Waals surface area contributed by atoms with E-state index in [9.17, 15) is 4.79 Å². The van der Waals surface area contributed by atoms with Gasteiger partial charge in [-0.25, -0.2) is 4.98 Å². The van der Waals surface area contributed by atoms with Crippen LogP contribution in [0.15, 0.2) is 29.2 Å². The first-order chi connectivity index (χ1) is 10.2. The number of piperidine rings is 1. The molecule has 0 spiro atoms. The van der Waals surface area contributed by atoms with Crippen molar-refractivity contribution >= 4 is 11.7 Å². The highest BCUT2D eigenvalue weighted by Gasteiger charge is 2.22. The van der Waals surface area contributed by atoms with Crippen LogP contribution in [0, 0.1) is 0 Å². The van der Waals surface area contributed by atoms with Gasteiger partial charge in [-0.3, -0.25) is 4.79 Å². The Morgan fingerprint density at radius 2 is 2.38 bits per heavy atom. The fourth-order valence-electron chi connectivity index (χ4n) is 2.56. The van der Waals surface area contributed by atoms with Crippen molar-refractivity contribution in [2.75, 3.05) is 18.4 Å². The molecule has 3 heterocycles. The van der Waals surface area contributed by atoms with Crippen LogP contribution >= 0.6 is 0 Å². The Labute approximate surface area is 122 Å². The van der Waals surface area contributed by atoms with E-state index in [1.165, 1.54) is 6.39 Å². The van der Waals surface area contributed by atoms with E-state index in [1.54, 1.807) is 13.1 Å². The summed E-state index contributed by atoms with van der Waals surface area (Å²) in [7, 11) is 0. The number of anilines is 1. The SMILES string of the molecule is CC(=O)N1CCC[C@@H](Nc2ncccc2-c2ncon2)C1. The molecule has 3 rings (SSSR count). The van der Waals surface area contributed by atoms with E-state index in [0.29, 0.717) is 18.2 Å². The highest BCUT2D eigenvalue weighted by atomic mass is 16.5. The van der Waals surface area contributed by atoms with Crippen LogP contribution in [0.25, 0.3) is 11.4 Å². The minimum Gasteiger partial charge on any atom is -0.365 e. The number of carbonyl (C=O) groups is 1. The highest BCUT2D eigenvalue weighted by molar-refractivity contribution is 5.73. The first-order valence-electron chi connectivity index (χ1n) is 6.98. The second-order valence-corrected chi connectivity index (χ2v) is 5.10. The Kier molecular flexibility index (Phi) is 3.81. The van der Waals surface area contributed by atoms with E-state index >= 15 is 0 Å². The van der Waals surface area contributed by atoms with E-state index in [4.69, 9.17) is 4.52 Å². The van der Waals surface area contributed by atoms with Gasteiger partial charge < -0.3 is 14.7 Å². The summed E-state index contributed by atoms with van der Waals surface area (Å²) in [5.41, 5.74) is 0.797. The van der Waals surface area contributed by atoms with Gasteiger partial charge in [0.1, 0.15) is 5.82 Å². The summed E-state index contributed by atoms with van der Waals surface area (Å²) in [6, 6.07) is 3.91. The minimum absolute atomic E-state index is 0.112. The van der Waals surface area contributed by atoms with Crippen molar-refractivity contribution in [3.8, 4) is 11.4 Å². The Morgan fingerprint density at radius 3 is 3.14 bits per heavy atom. The maximum absolute atomic E-state index is 11.5. The lowest BCUT2D eigenvalue weighted by atomic mass is 10.1. The molecule has 0 unspecified atom stereocenters. The topological polar surface area (TPSA) is 84.2 Å². The molecule has 0 aliphatic carbocycles. The molecule has 2 aromatic heterocycles. The number of rotatable bonds is 3. The number of carbonyl (C=O) groups excluding carboxylic acids is 1. The molecule has 7 heteroatoms. The van der Waals surface area contributed by atoms with E-state index < -0.39 is 0 Å². The lowest BCUT2D eigenvalue weighted by Crippen LogP contribution is -2.44. The van der Waals surface area contributed by atoms with Crippen LogP contribution in [-0.2, 0) is 4.79 Å². The van der Waals surface area contributed by atoms with Crippen LogP contribution in [0.5, 0.6) is 0 Å². The maximum Gasteiger partial charge on any atom is 0.219 e. The molecule has 110 valence electrons. The van der Waals surface area contributed by atoms with Gasteiger partial charge >= 0.3 is 0 Å². The lowest BCUT2D eigenvalue weighted by Gasteiger charge is -2.33. The third kappa shape index (κ3) is 3.01. The van der Waals surface area contributed by atoms with Crippen LogP contribution in [0.2, 0.25) is 0 Å². The van der Waals surface area contributed by atoms with Gasteiger partial charge in [-0.05, 0) is 25.0 Å². The Hall–Kier alpha value is -2.44. The second-order valence-electron chi connectivity index (χ2n) is 5.10. The number of nitrogens with zero attached hydrogens (tertiary/aromatic N) is 4. The summed E-state index contributed by atoms with van der Waals surface area (Å²) >= 11 is 0. The van der Waals surface area contributed by atoms with Gasteiger partial charge in [0.25, 0.3) is 0 Å². The number of hydrogen-bond donors (Lipinski definition) is 1. The van der Waals surface area contributed by atoms with Gasteiger partial charge in [-0.2, -0.15) is 4.98 Å². The number of nitrogens with one attached hydrogen (secondary N) is 1. The van der Waals surface area contributed by atoms with Gasteiger partial charge in [0.05, 0.1) is 5.56 Å². The molecular formula is C14H17N5O2. The molecule has 1 amide bonds. The van der Waals surface area contributed by atoms with Crippen molar-refractivity contribution in [3.63, 3.8) is 0 Å². The van der Waals surface area contributed by atoms with Crippen molar-refractivity contribution < 1.29 is 9.32 Å². The molecular weight excluding hydrogens is 270 g/mol. The second kappa shape index (κ2) is 5.90. The largest absolute Gasteiger partial charge is 0.365 e. The fraction of sp³-hybridized carbons (Fsp3) is 0.429. The molecule has 1 N–H and O–H groups in total. The fourth-order valence-corrected chi connectivity index (χ4v) is 2.56. The van der Waals surface area contributed by atoms with Crippen molar-refractivity contribution in [2.24, 2.45) is 0 Å². The van der Waals surface area contributed by atoms with Gasteiger partial charge in [0, 0.05) is 32.3 Å². The smallest absolute Gasteiger partial charge is 0.219 e. The van der Waals surface area contributed by atoms with Crippen molar-refractivity contribution in [3.05, 3.63) is 24.7 Å². The van der Waals surface area contributed by atoms with Gasteiger partial charge in [-0.15, -0.1) is 0 Å². The van der Waals surface area contributed by atoms with Crippen LogP contribution in [0.4, 0.5) is 5.82 Å². The zero-order valence-electron chi connectivity index (χ0n) is 11.8. The van der Waals surface area contributed by atoms with E-state index in [-0.39, 0.29) is 11.9 Å². The first kappa shape index (κ1) is 13.5. The van der Waals surface area contributed by atoms with E-state index in [2.05, 4.69) is 20.4 Å². The zero-order valence-corrected chi connectivity index (χ0v) is 11.8. The summed E-state index contributed by atoms with van der Waals surface area (Å²) in [5.74, 6) is 1.33. The molecule has 0 saturated carbocycles. The van der Waals surface area contributed by atoms with Gasteiger partial charge in [0.15, 0.2) is 0 Å². The van der Waals surface area contributed by atoms with Crippen LogP contribution in [-0.4, -0.2) is 45.1 Å². The monoisotopic (exact) mass is 287 g/mol. The van der Waals surface area contributed by atoms with Crippen LogP contribution in [0.1, 0.15) is 19.8 Å². The lowest BCUT2D eigenvalue weighted by molar-refractivity contribution is -0.129. The summed E-state index contributed by atoms with van der Waals surface area (Å²) in [6.45, 7) is 3.12. The summed E-state index contributed by atoms with van der Waals surface area (Å²) in [5, 5.41) is 7.25. The minimum atomic E-state index is 0.112. The molecule has 7 nitrogen and oxygen atoms in total. The van der Waals surface area contributed by atoms with Crippen LogP contribution < -0.4 is 5.32 Å². The van der Waals surface area contributed by atoms with Gasteiger partial charge in [-0.1, -0.05) is 5.16 Å². The molecule has 0 radical (unpaired) electrons. The van der Waals surface area contributed by atoms with E-state index in [0.717, 1.165) is 24.9 Å². The van der Waals surface area contributed by atoms with Crippen LogP contribution in [0.3, 0.4) is 0 Å². The third-order valence-electron chi connectivity index (χ3n) is 3.62. The van der Waals surface area contributed by atoms with Gasteiger partial charge in [0.2, 0.25) is 18.1 Å². The number of amides is 1. The maximum atomic E-state index is 11.5. The number of aromatic nitrogens is 3. The molecule has 21 heavy (non-hydrogen) atoms. The number of hydrogen-bond acceptors (Lipinski definition) is 6. The predicted octanol–water partition coefficient (Wildman–Crippen LogP) is 1.55. The van der Waals surface area contributed by atoms with Crippen molar-refractivity contribution in [1.29, 1.82) is 0 Å². The molecule has 1 fully saturated rings. The standard InChI is InChI=1S/C14H17N5O2/c1-10(20)19-7-3-4-11(8-19)17-13-12(5-2-6-15-13)14-16-9-21-18-14/h2,5-6,9,11H,3-4,7-8H2,1H3,(H,15,17)/t11-/m1/s1. The highest BCUT2D eigenvalue weighted by Crippen LogP contribution is 2.24. The molecule has 0 bridgehead atoms. The average Bonchev–Trinajstić information content (AvgIpc) is 3.02. The summed E-state index contributed by atoms with van der Waals surface area (Å²) in [4.78, 5) is 21.8. The Morgan fingerprint density at radius 1 is 1.48 bits per heavy atom. The molecule has 1 aliphatic heterocycles. The summed E-state index contributed by atoms with van der Waals surface area (Å²) < 4.78 is 4.79. The van der Waals surface area contributed by atoms with Crippen molar-refractivity contribution in [1.82, 2.24) is 20.0 Å². The zero-order chi connectivity index (χ0) is 14.7. The van der Waals surface area contributed by atoms with E-state index in [1.807, 2.05) is 17.0 Å². The normalized spacial score (nSPS) is 18.5. The predicted molar refractivity (Wildman–Crippen MR) is 76.4 cm³/mol. The molecule has 1 saturated heterocycles. The Bertz CT molecular complexity index is 614. The number of pyridine rings is 1. The molecule has 2 aromatic rings. The quantitative estimate of drug-likeness (QED) is 0.922. The summed E-state index contributed by atoms with van der Waals surface area (Å²) in [6.07, 6.45) is 5.01.